The highest BCUT2D eigenvalue weighted by Crippen LogP contribution is 2.25. The number of rotatable bonds is 7. The first kappa shape index (κ1) is 21.1. The van der Waals surface area contributed by atoms with E-state index >= 15 is 0 Å². The molecule has 31 heavy (non-hydrogen) atoms. The zero-order valence-corrected chi connectivity index (χ0v) is 18.1. The Bertz CT molecular complexity index is 1000. The molecule has 1 aliphatic rings. The zero-order chi connectivity index (χ0) is 21.6. The van der Waals surface area contributed by atoms with Crippen molar-refractivity contribution in [2.24, 2.45) is 0 Å². The number of hydrogen-bond donors (Lipinski definition) is 2. The minimum atomic E-state index is -0.136. The van der Waals surface area contributed by atoms with Crippen molar-refractivity contribution >= 4 is 23.3 Å². The number of hydrogen-bond acceptors (Lipinski definition) is 5. The molecular formula is C23H25ClN4O3. The van der Waals surface area contributed by atoms with Gasteiger partial charge in [0.1, 0.15) is 11.5 Å². The van der Waals surface area contributed by atoms with Crippen LogP contribution in [0.25, 0.3) is 11.3 Å². The topological polar surface area (TPSA) is 79.5 Å². The van der Waals surface area contributed by atoms with Crippen LogP contribution in [0.2, 0.25) is 5.02 Å². The van der Waals surface area contributed by atoms with Crippen LogP contribution in [0.1, 0.15) is 12.8 Å². The Balaban J connectivity index is 1.31. The third-order valence-corrected chi connectivity index (χ3v) is 5.51. The van der Waals surface area contributed by atoms with Gasteiger partial charge < -0.3 is 19.7 Å². The second-order valence-corrected chi connectivity index (χ2v) is 7.90. The predicted molar refractivity (Wildman–Crippen MR) is 121 cm³/mol. The summed E-state index contributed by atoms with van der Waals surface area (Å²) in [6.45, 7) is 1.59. The van der Waals surface area contributed by atoms with Gasteiger partial charge in [-0.2, -0.15) is 5.10 Å². The van der Waals surface area contributed by atoms with E-state index in [0.717, 1.165) is 42.2 Å². The normalized spacial score (nSPS) is 16.1. The van der Waals surface area contributed by atoms with E-state index in [-0.39, 0.29) is 18.6 Å². The average molecular weight is 441 g/mol. The summed E-state index contributed by atoms with van der Waals surface area (Å²) in [5.74, 6) is 2.18. The first-order valence-corrected chi connectivity index (χ1v) is 10.6. The molecular weight excluding hydrogens is 416 g/mol. The number of carbonyl (C=O) groups is 1. The molecule has 3 aromatic rings. The average Bonchev–Trinajstić information content (AvgIpc) is 3.29. The first-order valence-electron chi connectivity index (χ1n) is 10.2. The summed E-state index contributed by atoms with van der Waals surface area (Å²) in [5, 5.41) is 11.3. The van der Waals surface area contributed by atoms with Gasteiger partial charge in [0.2, 0.25) is 0 Å². The number of aromatic amines is 1. The SMILES string of the molecule is COc1ccc(-c2cc(N3CCC[C@@H](NC(=O)COc4ccc(Cl)cc4)C3)n[nH]2)cc1. The maximum atomic E-state index is 12.3. The number of anilines is 1. The van der Waals surface area contributed by atoms with Gasteiger partial charge in [0.15, 0.2) is 12.4 Å². The molecule has 2 aromatic carbocycles. The van der Waals surface area contributed by atoms with Gasteiger partial charge in [0.25, 0.3) is 5.91 Å². The number of nitrogens with one attached hydrogen (secondary N) is 2. The number of amides is 1. The largest absolute Gasteiger partial charge is 0.497 e. The fourth-order valence-electron chi connectivity index (χ4n) is 3.64. The summed E-state index contributed by atoms with van der Waals surface area (Å²) in [5.41, 5.74) is 1.99. The molecule has 0 radical (unpaired) electrons. The molecule has 0 bridgehead atoms. The number of halogens is 1. The van der Waals surface area contributed by atoms with Gasteiger partial charge in [0.05, 0.1) is 12.8 Å². The lowest BCUT2D eigenvalue weighted by Gasteiger charge is -2.33. The van der Waals surface area contributed by atoms with Crippen LogP contribution in [0.3, 0.4) is 0 Å². The van der Waals surface area contributed by atoms with E-state index in [1.165, 1.54) is 0 Å². The predicted octanol–water partition coefficient (Wildman–Crippen LogP) is 3.90. The Morgan fingerprint density at radius 2 is 1.94 bits per heavy atom. The highest BCUT2D eigenvalue weighted by atomic mass is 35.5. The van der Waals surface area contributed by atoms with Crippen LogP contribution in [0, 0.1) is 0 Å². The zero-order valence-electron chi connectivity index (χ0n) is 17.3. The highest BCUT2D eigenvalue weighted by molar-refractivity contribution is 6.30. The van der Waals surface area contributed by atoms with Crippen molar-refractivity contribution < 1.29 is 14.3 Å². The van der Waals surface area contributed by atoms with E-state index in [1.807, 2.05) is 30.3 Å². The second kappa shape index (κ2) is 9.75. The molecule has 2 N–H and O–H groups in total. The van der Waals surface area contributed by atoms with Gasteiger partial charge in [-0.15, -0.1) is 0 Å². The molecule has 1 fully saturated rings. The Morgan fingerprint density at radius 1 is 1.19 bits per heavy atom. The Kier molecular flexibility index (Phi) is 6.62. The number of ether oxygens (including phenoxy) is 2. The highest BCUT2D eigenvalue weighted by Gasteiger charge is 2.23. The minimum absolute atomic E-state index is 0.0256. The van der Waals surface area contributed by atoms with E-state index in [2.05, 4.69) is 20.4 Å². The van der Waals surface area contributed by atoms with Crippen LogP contribution in [-0.2, 0) is 4.79 Å². The van der Waals surface area contributed by atoms with E-state index in [9.17, 15) is 4.79 Å². The maximum Gasteiger partial charge on any atom is 0.258 e. The van der Waals surface area contributed by atoms with Crippen molar-refractivity contribution in [3.63, 3.8) is 0 Å². The van der Waals surface area contributed by atoms with Crippen molar-refractivity contribution in [2.45, 2.75) is 18.9 Å². The molecule has 4 rings (SSSR count). The lowest BCUT2D eigenvalue weighted by atomic mass is 10.1. The number of methoxy groups -OCH3 is 1. The first-order chi connectivity index (χ1) is 15.1. The minimum Gasteiger partial charge on any atom is -0.497 e. The third-order valence-electron chi connectivity index (χ3n) is 5.26. The lowest BCUT2D eigenvalue weighted by molar-refractivity contribution is -0.123. The molecule has 0 saturated carbocycles. The fraction of sp³-hybridized carbons (Fsp3) is 0.304. The molecule has 7 nitrogen and oxygen atoms in total. The maximum absolute atomic E-state index is 12.3. The van der Waals surface area contributed by atoms with Gasteiger partial charge >= 0.3 is 0 Å². The van der Waals surface area contributed by atoms with Crippen LogP contribution in [0.5, 0.6) is 11.5 Å². The molecule has 0 spiro atoms. The molecule has 1 aliphatic heterocycles. The number of nitrogens with zero attached hydrogens (tertiary/aromatic N) is 2. The van der Waals surface area contributed by atoms with Crippen molar-refractivity contribution in [1.82, 2.24) is 15.5 Å². The second-order valence-electron chi connectivity index (χ2n) is 7.46. The summed E-state index contributed by atoms with van der Waals surface area (Å²) in [6.07, 6.45) is 1.91. The monoisotopic (exact) mass is 440 g/mol. The molecule has 0 unspecified atom stereocenters. The van der Waals surface area contributed by atoms with E-state index < -0.39 is 0 Å². The summed E-state index contributed by atoms with van der Waals surface area (Å²) < 4.78 is 10.7. The van der Waals surface area contributed by atoms with Crippen molar-refractivity contribution in [3.8, 4) is 22.8 Å². The van der Waals surface area contributed by atoms with Crippen LogP contribution in [0.15, 0.2) is 54.6 Å². The summed E-state index contributed by atoms with van der Waals surface area (Å²) >= 11 is 5.86. The summed E-state index contributed by atoms with van der Waals surface area (Å²) in [7, 11) is 1.65. The van der Waals surface area contributed by atoms with E-state index in [0.29, 0.717) is 17.3 Å². The Morgan fingerprint density at radius 3 is 2.68 bits per heavy atom. The van der Waals surface area contributed by atoms with Gasteiger partial charge in [-0.3, -0.25) is 9.89 Å². The van der Waals surface area contributed by atoms with E-state index in [1.54, 1.807) is 31.4 Å². The third kappa shape index (κ3) is 5.49. The number of benzene rings is 2. The summed E-state index contributed by atoms with van der Waals surface area (Å²) in [6, 6.07) is 16.9. The van der Waals surface area contributed by atoms with E-state index in [4.69, 9.17) is 21.1 Å². The van der Waals surface area contributed by atoms with Crippen molar-refractivity contribution in [1.29, 1.82) is 0 Å². The van der Waals surface area contributed by atoms with Crippen LogP contribution in [0.4, 0.5) is 5.82 Å². The Labute approximate surface area is 186 Å². The van der Waals surface area contributed by atoms with Crippen molar-refractivity contribution in [2.75, 3.05) is 31.7 Å². The van der Waals surface area contributed by atoms with Crippen LogP contribution < -0.4 is 19.7 Å². The number of piperidine rings is 1. The quantitative estimate of drug-likeness (QED) is 0.582. The molecule has 2 heterocycles. The standard InChI is InChI=1S/C23H25ClN4O3/c1-30-19-8-4-16(5-9-19)21-13-22(27-26-21)28-12-2-3-18(14-28)25-23(29)15-31-20-10-6-17(24)7-11-20/h4-11,13,18H,2-3,12,14-15H2,1H3,(H,25,29)(H,26,27)/t18-/m1/s1. The molecule has 1 saturated heterocycles. The molecule has 1 amide bonds. The Hall–Kier alpha value is -3.19. The summed E-state index contributed by atoms with van der Waals surface area (Å²) in [4.78, 5) is 14.5. The molecule has 162 valence electrons. The molecule has 1 atom stereocenters. The lowest BCUT2D eigenvalue weighted by Crippen LogP contribution is -2.49. The molecule has 1 aromatic heterocycles. The number of H-pyrrole nitrogens is 1. The number of aromatic nitrogens is 2. The fourth-order valence-corrected chi connectivity index (χ4v) is 3.77. The molecule has 8 heteroatoms. The van der Waals surface area contributed by atoms with Crippen molar-refractivity contribution in [3.05, 3.63) is 59.6 Å². The van der Waals surface area contributed by atoms with Gasteiger partial charge in [-0.1, -0.05) is 11.6 Å². The van der Waals surface area contributed by atoms with Gasteiger partial charge in [0, 0.05) is 30.2 Å². The van der Waals surface area contributed by atoms with Crippen LogP contribution in [-0.4, -0.2) is 49.0 Å². The molecule has 0 aliphatic carbocycles. The van der Waals surface area contributed by atoms with Gasteiger partial charge in [-0.25, -0.2) is 0 Å². The smallest absolute Gasteiger partial charge is 0.258 e. The van der Waals surface area contributed by atoms with Gasteiger partial charge in [-0.05, 0) is 66.9 Å². The number of carbonyl (C=O) groups excluding carboxylic acids is 1. The van der Waals surface area contributed by atoms with Crippen LogP contribution >= 0.6 is 11.6 Å².